The molecule has 3 aromatic carbocycles. The summed E-state index contributed by atoms with van der Waals surface area (Å²) in [6.07, 6.45) is 1.28. The van der Waals surface area contributed by atoms with Crippen LogP contribution in [0.2, 0.25) is 5.02 Å². The molecule has 0 unspecified atom stereocenters. The summed E-state index contributed by atoms with van der Waals surface area (Å²) < 4.78 is 9.52. The number of fused-ring (bicyclic) bond motifs is 3. The zero-order valence-corrected chi connectivity index (χ0v) is 18.5. The summed E-state index contributed by atoms with van der Waals surface area (Å²) in [7, 11) is 0. The molecule has 2 aliphatic rings. The number of halogens is 2. The van der Waals surface area contributed by atoms with Crippen molar-refractivity contribution >= 4 is 39.2 Å². The summed E-state index contributed by atoms with van der Waals surface area (Å²) >= 11 is 9.91. The van der Waals surface area contributed by atoms with Gasteiger partial charge in [-0.1, -0.05) is 70.0 Å². The standard InChI is InChI=1S/C24H16BrClN4O/c25-16-8-6-14(7-9-16)22-20-21(29-24-27-13-28-30(22)24)18-12-17(26)10-11-19(18)31-23(20)15-4-2-1-3-5-15/h1-13,22-23H,(H,27,28,29)/t22-,23-/m0/s1. The first-order valence-corrected chi connectivity index (χ1v) is 11.0. The van der Waals surface area contributed by atoms with Gasteiger partial charge < -0.3 is 10.1 Å². The summed E-state index contributed by atoms with van der Waals surface area (Å²) in [4.78, 5) is 4.46. The Hall–Kier alpha value is -3.09. The summed E-state index contributed by atoms with van der Waals surface area (Å²) in [6.45, 7) is 0. The van der Waals surface area contributed by atoms with Crippen LogP contribution in [0.3, 0.4) is 0 Å². The van der Waals surface area contributed by atoms with Crippen molar-refractivity contribution in [3.05, 3.63) is 111 Å². The van der Waals surface area contributed by atoms with E-state index < -0.39 is 0 Å². The van der Waals surface area contributed by atoms with Gasteiger partial charge in [0.1, 0.15) is 24.2 Å². The maximum Gasteiger partial charge on any atom is 0.226 e. The maximum absolute atomic E-state index is 6.58. The lowest BCUT2D eigenvalue weighted by Crippen LogP contribution is -2.32. The number of hydrogen-bond donors (Lipinski definition) is 1. The van der Waals surface area contributed by atoms with Crippen LogP contribution in [0.15, 0.2) is 89.2 Å². The average Bonchev–Trinajstić information content (AvgIpc) is 3.27. The monoisotopic (exact) mass is 490 g/mol. The number of nitrogens with one attached hydrogen (secondary N) is 1. The summed E-state index contributed by atoms with van der Waals surface area (Å²) in [5.41, 5.74) is 5.13. The molecule has 0 saturated heterocycles. The van der Waals surface area contributed by atoms with E-state index >= 15 is 0 Å². The third-order valence-electron chi connectivity index (χ3n) is 5.66. The number of nitrogens with zero attached hydrogens (tertiary/aromatic N) is 3. The fourth-order valence-corrected chi connectivity index (χ4v) is 4.75. The third kappa shape index (κ3) is 3.06. The quantitative estimate of drug-likeness (QED) is 0.360. The molecule has 5 nitrogen and oxygen atoms in total. The molecule has 4 aromatic rings. The number of benzene rings is 3. The third-order valence-corrected chi connectivity index (χ3v) is 6.43. The first kappa shape index (κ1) is 18.7. The topological polar surface area (TPSA) is 52.0 Å². The van der Waals surface area contributed by atoms with Crippen LogP contribution in [0.25, 0.3) is 5.70 Å². The highest BCUT2D eigenvalue weighted by atomic mass is 79.9. The molecule has 2 aliphatic heterocycles. The molecular weight excluding hydrogens is 476 g/mol. The van der Waals surface area contributed by atoms with E-state index in [2.05, 4.69) is 55.6 Å². The Balaban J connectivity index is 1.64. The molecule has 0 bridgehead atoms. The van der Waals surface area contributed by atoms with Gasteiger partial charge in [0.2, 0.25) is 5.95 Å². The van der Waals surface area contributed by atoms with Gasteiger partial charge in [-0.2, -0.15) is 10.1 Å². The summed E-state index contributed by atoms with van der Waals surface area (Å²) in [6, 6.07) is 24.1. The molecule has 1 aromatic heterocycles. The van der Waals surface area contributed by atoms with E-state index in [1.807, 2.05) is 53.2 Å². The Morgan fingerprint density at radius 3 is 2.58 bits per heavy atom. The lowest BCUT2D eigenvalue weighted by Gasteiger charge is -2.39. The fourth-order valence-electron chi connectivity index (χ4n) is 4.31. The number of aromatic nitrogens is 3. The molecule has 152 valence electrons. The number of anilines is 1. The Labute approximate surface area is 192 Å². The molecule has 0 amide bonds. The van der Waals surface area contributed by atoms with E-state index in [0.717, 1.165) is 38.2 Å². The van der Waals surface area contributed by atoms with E-state index in [9.17, 15) is 0 Å². The molecule has 6 rings (SSSR count). The molecule has 0 spiro atoms. The van der Waals surface area contributed by atoms with Crippen LogP contribution < -0.4 is 10.1 Å². The van der Waals surface area contributed by atoms with Crippen molar-refractivity contribution < 1.29 is 4.74 Å². The van der Waals surface area contributed by atoms with Crippen molar-refractivity contribution in [3.63, 3.8) is 0 Å². The minimum Gasteiger partial charge on any atom is -0.480 e. The van der Waals surface area contributed by atoms with Crippen LogP contribution in [0.1, 0.15) is 28.8 Å². The maximum atomic E-state index is 6.58. The van der Waals surface area contributed by atoms with Crippen LogP contribution in [0.4, 0.5) is 5.95 Å². The highest BCUT2D eigenvalue weighted by Gasteiger charge is 2.40. The minimum atomic E-state index is -0.289. The highest BCUT2D eigenvalue weighted by Crippen LogP contribution is 2.51. The summed E-state index contributed by atoms with van der Waals surface area (Å²) in [5, 5.41) is 8.69. The average molecular weight is 492 g/mol. The molecule has 0 saturated carbocycles. The van der Waals surface area contributed by atoms with Gasteiger partial charge in [-0.15, -0.1) is 0 Å². The van der Waals surface area contributed by atoms with Gasteiger partial charge in [0.15, 0.2) is 0 Å². The van der Waals surface area contributed by atoms with Gasteiger partial charge in [-0.3, -0.25) is 0 Å². The van der Waals surface area contributed by atoms with Crippen LogP contribution in [-0.2, 0) is 0 Å². The Kier molecular flexibility index (Phi) is 4.37. The molecule has 0 radical (unpaired) electrons. The van der Waals surface area contributed by atoms with Gasteiger partial charge in [0.25, 0.3) is 0 Å². The predicted octanol–water partition coefficient (Wildman–Crippen LogP) is 6.25. The fraction of sp³-hybridized carbons (Fsp3) is 0.0833. The second kappa shape index (κ2) is 7.25. The number of hydrogen-bond acceptors (Lipinski definition) is 4. The van der Waals surface area contributed by atoms with Crippen molar-refractivity contribution in [1.29, 1.82) is 0 Å². The molecule has 1 N–H and O–H groups in total. The minimum absolute atomic E-state index is 0.181. The van der Waals surface area contributed by atoms with Gasteiger partial charge in [-0.25, -0.2) is 4.68 Å². The van der Waals surface area contributed by atoms with E-state index in [1.165, 1.54) is 0 Å². The highest BCUT2D eigenvalue weighted by molar-refractivity contribution is 9.10. The van der Waals surface area contributed by atoms with E-state index in [4.69, 9.17) is 16.3 Å². The second-order valence-corrected chi connectivity index (χ2v) is 8.84. The largest absolute Gasteiger partial charge is 0.480 e. The second-order valence-electron chi connectivity index (χ2n) is 7.49. The van der Waals surface area contributed by atoms with Gasteiger partial charge in [-0.05, 0) is 41.5 Å². The van der Waals surface area contributed by atoms with Crippen LogP contribution >= 0.6 is 27.5 Å². The molecular formula is C24H16BrClN4O. The summed E-state index contributed by atoms with van der Waals surface area (Å²) in [5.74, 6) is 1.47. The number of rotatable bonds is 2. The van der Waals surface area contributed by atoms with Crippen molar-refractivity contribution in [3.8, 4) is 5.75 Å². The normalized spacial score (nSPS) is 19.0. The van der Waals surface area contributed by atoms with Crippen molar-refractivity contribution in [2.45, 2.75) is 12.1 Å². The number of ether oxygens (including phenoxy) is 1. The zero-order valence-electron chi connectivity index (χ0n) is 16.2. The Morgan fingerprint density at radius 2 is 1.77 bits per heavy atom. The molecule has 31 heavy (non-hydrogen) atoms. The van der Waals surface area contributed by atoms with E-state index in [0.29, 0.717) is 11.0 Å². The van der Waals surface area contributed by atoms with Crippen LogP contribution in [0, 0.1) is 0 Å². The molecule has 3 heterocycles. The van der Waals surface area contributed by atoms with Gasteiger partial charge in [0, 0.05) is 20.6 Å². The van der Waals surface area contributed by atoms with Crippen molar-refractivity contribution in [2.24, 2.45) is 0 Å². The molecule has 2 atom stereocenters. The van der Waals surface area contributed by atoms with Crippen molar-refractivity contribution in [1.82, 2.24) is 14.8 Å². The lowest BCUT2D eigenvalue weighted by atomic mass is 9.84. The van der Waals surface area contributed by atoms with Crippen molar-refractivity contribution in [2.75, 3.05) is 5.32 Å². The van der Waals surface area contributed by atoms with E-state index in [1.54, 1.807) is 6.33 Å². The predicted molar refractivity (Wildman–Crippen MR) is 124 cm³/mol. The van der Waals surface area contributed by atoms with Gasteiger partial charge in [0.05, 0.1) is 5.70 Å². The molecule has 0 fully saturated rings. The van der Waals surface area contributed by atoms with Crippen LogP contribution in [-0.4, -0.2) is 14.8 Å². The van der Waals surface area contributed by atoms with Gasteiger partial charge >= 0.3 is 0 Å². The molecule has 0 aliphatic carbocycles. The molecule has 7 heteroatoms. The van der Waals surface area contributed by atoms with Crippen LogP contribution in [0.5, 0.6) is 5.75 Å². The zero-order chi connectivity index (χ0) is 20.9. The lowest BCUT2D eigenvalue weighted by molar-refractivity contribution is 0.223. The Bertz CT molecular complexity index is 1320. The first-order chi connectivity index (χ1) is 15.2. The Morgan fingerprint density at radius 1 is 0.968 bits per heavy atom. The SMILES string of the molecule is Clc1ccc2c(c1)C1=C([C@H](c3ccccc3)O2)[C@H](c2ccc(Br)cc2)n2ncnc2N1. The smallest absolute Gasteiger partial charge is 0.226 e. The van der Waals surface area contributed by atoms with E-state index in [-0.39, 0.29) is 12.1 Å². The first-order valence-electron chi connectivity index (χ1n) is 9.86.